The summed E-state index contributed by atoms with van der Waals surface area (Å²) >= 11 is 16.9. The first-order chi connectivity index (χ1) is 12.7. The number of ether oxygens (including phenoxy) is 3. The van der Waals surface area contributed by atoms with Gasteiger partial charge >= 0.3 is 11.9 Å². The fourth-order valence-corrected chi connectivity index (χ4v) is 2.85. The van der Waals surface area contributed by atoms with Gasteiger partial charge < -0.3 is 19.5 Å². The molecule has 148 valence electrons. The fraction of sp³-hybridized carbons (Fsp3) is 0.471. The van der Waals surface area contributed by atoms with Crippen molar-refractivity contribution in [2.75, 3.05) is 19.8 Å². The van der Waals surface area contributed by atoms with Crippen molar-refractivity contribution >= 4 is 52.6 Å². The zero-order valence-corrected chi connectivity index (χ0v) is 16.9. The van der Waals surface area contributed by atoms with E-state index < -0.39 is 27.7 Å². The Hall–Kier alpha value is -1.70. The van der Waals surface area contributed by atoms with Crippen LogP contribution in [0.2, 0.25) is 0 Å². The van der Waals surface area contributed by atoms with E-state index in [9.17, 15) is 14.4 Å². The third-order valence-corrected chi connectivity index (χ3v) is 4.27. The van der Waals surface area contributed by atoms with Crippen LogP contribution in [0.1, 0.15) is 52.6 Å². The Balaban J connectivity index is 2.57. The summed E-state index contributed by atoms with van der Waals surface area (Å²) in [5.41, 5.74) is 0.252. The van der Waals surface area contributed by atoms with Crippen LogP contribution in [0.25, 0.3) is 0 Å². The molecule has 1 aliphatic heterocycles. The van der Waals surface area contributed by atoms with Crippen molar-refractivity contribution in [3.05, 3.63) is 28.8 Å². The number of hydrogen-bond donors (Lipinski definition) is 1. The summed E-state index contributed by atoms with van der Waals surface area (Å²) in [6, 6.07) is 2.23. The van der Waals surface area contributed by atoms with Crippen molar-refractivity contribution < 1.29 is 28.6 Å². The van der Waals surface area contributed by atoms with Crippen molar-refractivity contribution in [3.63, 3.8) is 0 Å². The normalized spacial score (nSPS) is 16.0. The van der Waals surface area contributed by atoms with Gasteiger partial charge in [0.2, 0.25) is 0 Å². The number of amides is 1. The SMILES string of the molecule is CCOC(=O)c1ccc2c(c1C(=O)OCC)C(NC(=O)C(Cl)(Cl)Cl)CCO2. The van der Waals surface area contributed by atoms with Gasteiger partial charge in [-0.25, -0.2) is 9.59 Å². The van der Waals surface area contributed by atoms with Gasteiger partial charge in [-0.15, -0.1) is 0 Å². The highest BCUT2D eigenvalue weighted by atomic mass is 35.6. The van der Waals surface area contributed by atoms with E-state index in [4.69, 9.17) is 49.0 Å². The Kier molecular flexibility index (Phi) is 7.19. The van der Waals surface area contributed by atoms with Gasteiger partial charge in [0.05, 0.1) is 37.0 Å². The molecule has 0 saturated heterocycles. The maximum atomic E-state index is 12.6. The van der Waals surface area contributed by atoms with E-state index >= 15 is 0 Å². The van der Waals surface area contributed by atoms with Gasteiger partial charge in [0.15, 0.2) is 0 Å². The van der Waals surface area contributed by atoms with Crippen LogP contribution in [-0.2, 0) is 14.3 Å². The second-order valence-corrected chi connectivity index (χ2v) is 7.78. The van der Waals surface area contributed by atoms with Crippen molar-refractivity contribution in [1.82, 2.24) is 5.32 Å². The van der Waals surface area contributed by atoms with Gasteiger partial charge in [-0.1, -0.05) is 34.8 Å². The van der Waals surface area contributed by atoms with Gasteiger partial charge in [-0.3, -0.25) is 4.79 Å². The van der Waals surface area contributed by atoms with Crippen LogP contribution in [0, 0.1) is 0 Å². The Morgan fingerprint density at radius 1 is 1.15 bits per heavy atom. The highest BCUT2D eigenvalue weighted by Gasteiger charge is 2.37. The molecular weight excluding hydrogens is 421 g/mol. The van der Waals surface area contributed by atoms with E-state index in [1.54, 1.807) is 13.8 Å². The van der Waals surface area contributed by atoms with Crippen molar-refractivity contribution in [3.8, 4) is 5.75 Å². The minimum atomic E-state index is -2.18. The van der Waals surface area contributed by atoms with Crippen molar-refractivity contribution in [2.45, 2.75) is 30.1 Å². The number of esters is 2. The van der Waals surface area contributed by atoms with E-state index in [0.717, 1.165) is 0 Å². The number of halogens is 3. The molecule has 0 fully saturated rings. The predicted molar refractivity (Wildman–Crippen MR) is 99.6 cm³/mol. The lowest BCUT2D eigenvalue weighted by atomic mass is 9.91. The molecule has 1 aromatic rings. The summed E-state index contributed by atoms with van der Waals surface area (Å²) in [6.45, 7) is 3.77. The lowest BCUT2D eigenvalue weighted by Gasteiger charge is -2.30. The molecule has 0 aromatic heterocycles. The number of fused-ring (bicyclic) bond motifs is 1. The number of alkyl halides is 3. The topological polar surface area (TPSA) is 90.9 Å². The molecule has 27 heavy (non-hydrogen) atoms. The average molecular weight is 439 g/mol. The molecule has 0 aliphatic carbocycles. The highest BCUT2D eigenvalue weighted by Crippen LogP contribution is 2.38. The van der Waals surface area contributed by atoms with Gasteiger partial charge in [-0.2, -0.15) is 0 Å². The Bertz CT molecular complexity index is 747. The molecule has 1 aromatic carbocycles. The minimum Gasteiger partial charge on any atom is -0.493 e. The van der Waals surface area contributed by atoms with Crippen LogP contribution in [0.4, 0.5) is 0 Å². The average Bonchev–Trinajstić information content (AvgIpc) is 2.60. The molecule has 1 aliphatic rings. The number of carbonyl (C=O) groups excluding carboxylic acids is 3. The summed E-state index contributed by atoms with van der Waals surface area (Å²) in [6.07, 6.45) is 0.304. The number of carbonyl (C=O) groups is 3. The largest absolute Gasteiger partial charge is 0.493 e. The molecule has 1 N–H and O–H groups in total. The summed E-state index contributed by atoms with van der Waals surface area (Å²) in [7, 11) is 0. The molecule has 1 unspecified atom stereocenters. The Morgan fingerprint density at radius 3 is 2.37 bits per heavy atom. The molecular formula is C17H18Cl3NO6. The monoisotopic (exact) mass is 437 g/mol. The van der Waals surface area contributed by atoms with E-state index in [-0.39, 0.29) is 36.5 Å². The lowest BCUT2D eigenvalue weighted by molar-refractivity contribution is -0.121. The zero-order valence-electron chi connectivity index (χ0n) is 14.6. The Morgan fingerprint density at radius 2 is 1.78 bits per heavy atom. The third-order valence-electron chi connectivity index (χ3n) is 3.76. The standard InChI is InChI=1S/C17H18Cl3NO6/c1-3-25-14(22)9-5-6-11-13(12(9)15(23)26-4-2)10(7-8-27-11)21-16(24)17(18,19)20/h5-6,10H,3-4,7-8H2,1-2H3,(H,21,24). The lowest BCUT2D eigenvalue weighted by Crippen LogP contribution is -2.40. The van der Waals surface area contributed by atoms with Crippen LogP contribution >= 0.6 is 34.8 Å². The van der Waals surface area contributed by atoms with Crippen molar-refractivity contribution in [1.29, 1.82) is 0 Å². The molecule has 1 amide bonds. The second-order valence-electron chi connectivity index (χ2n) is 5.50. The van der Waals surface area contributed by atoms with Gasteiger partial charge in [0.25, 0.3) is 9.70 Å². The Labute approximate surface area is 171 Å². The molecule has 10 heteroatoms. The van der Waals surface area contributed by atoms with Gasteiger partial charge in [0.1, 0.15) is 5.75 Å². The molecule has 0 radical (unpaired) electrons. The number of rotatable bonds is 5. The van der Waals surface area contributed by atoms with Crippen LogP contribution in [0.3, 0.4) is 0 Å². The molecule has 0 saturated carbocycles. The zero-order chi connectivity index (χ0) is 20.2. The fourth-order valence-electron chi connectivity index (χ4n) is 2.69. The number of hydrogen-bond acceptors (Lipinski definition) is 6. The van der Waals surface area contributed by atoms with Gasteiger partial charge in [-0.05, 0) is 26.0 Å². The van der Waals surface area contributed by atoms with Crippen molar-refractivity contribution in [2.24, 2.45) is 0 Å². The van der Waals surface area contributed by atoms with Crippen LogP contribution in [-0.4, -0.2) is 41.5 Å². The van der Waals surface area contributed by atoms with E-state index in [1.807, 2.05) is 0 Å². The first-order valence-corrected chi connectivity index (χ1v) is 9.35. The van der Waals surface area contributed by atoms with Crippen LogP contribution < -0.4 is 10.1 Å². The highest BCUT2D eigenvalue weighted by molar-refractivity contribution is 6.76. The minimum absolute atomic E-state index is 0.00711. The van der Waals surface area contributed by atoms with Crippen LogP contribution in [0.5, 0.6) is 5.75 Å². The summed E-state index contributed by atoms with van der Waals surface area (Å²) in [5, 5.41) is 2.58. The maximum absolute atomic E-state index is 12.6. The molecule has 0 spiro atoms. The first kappa shape index (κ1) is 21.6. The summed E-state index contributed by atoms with van der Waals surface area (Å²) in [4.78, 5) is 37.0. The number of nitrogens with one attached hydrogen (secondary N) is 1. The summed E-state index contributed by atoms with van der Waals surface area (Å²) < 4.78 is 13.5. The van der Waals surface area contributed by atoms with Gasteiger partial charge in [0, 0.05) is 12.0 Å². The number of benzene rings is 1. The smallest absolute Gasteiger partial charge is 0.339 e. The van der Waals surface area contributed by atoms with E-state index in [0.29, 0.717) is 12.2 Å². The molecule has 2 rings (SSSR count). The first-order valence-electron chi connectivity index (χ1n) is 8.22. The molecule has 7 nitrogen and oxygen atoms in total. The quantitative estimate of drug-likeness (QED) is 0.560. The van der Waals surface area contributed by atoms with E-state index in [2.05, 4.69) is 5.32 Å². The maximum Gasteiger partial charge on any atom is 0.339 e. The predicted octanol–water partition coefficient (Wildman–Crippen LogP) is 3.35. The summed E-state index contributed by atoms with van der Waals surface area (Å²) in [5.74, 6) is -1.97. The molecule has 1 atom stereocenters. The molecule has 0 bridgehead atoms. The third kappa shape index (κ3) is 4.97. The van der Waals surface area contributed by atoms with E-state index in [1.165, 1.54) is 12.1 Å². The second kappa shape index (κ2) is 8.99. The molecule has 1 heterocycles. The van der Waals surface area contributed by atoms with Crippen LogP contribution in [0.15, 0.2) is 12.1 Å².